The van der Waals surface area contributed by atoms with Crippen LogP contribution < -0.4 is 0 Å². The maximum atomic E-state index is 3.55. The Morgan fingerprint density at radius 1 is 1.75 bits per heavy atom. The molecule has 0 aromatic rings. The Balaban J connectivity index is 2.43. The Bertz CT molecular complexity index is 35.8. The molecule has 0 aromatic carbocycles. The van der Waals surface area contributed by atoms with Crippen molar-refractivity contribution < 1.29 is 0 Å². The number of halogens is 1. The molecule has 0 rings (SSSR count). The minimum atomic E-state index is 1.91. The SMILES string of the molecule is P#C[C]I. The molecule has 0 saturated carbocycles. The molecule has 2 heteroatoms. The molecule has 0 atom stereocenters. The van der Waals surface area contributed by atoms with Crippen molar-refractivity contribution in [2.45, 2.75) is 0 Å². The van der Waals surface area contributed by atoms with Gasteiger partial charge in [0.25, 0.3) is 0 Å². The average Bonchev–Trinajstić information content (AvgIpc) is 1.37. The van der Waals surface area contributed by atoms with E-state index >= 15 is 0 Å². The van der Waals surface area contributed by atoms with Gasteiger partial charge in [0.1, 0.15) is 0 Å². The Hall–Kier alpha value is 0.940. The molecule has 4 heavy (non-hydrogen) atoms. The summed E-state index contributed by atoms with van der Waals surface area (Å²) in [6.45, 7) is 0. The first-order chi connectivity index (χ1) is 1.91. The average molecular weight is 182 g/mol. The quantitative estimate of drug-likeness (QED) is 0.396. The van der Waals surface area contributed by atoms with Gasteiger partial charge in [-0.3, -0.25) is 0 Å². The molecule has 0 fully saturated rings. The van der Waals surface area contributed by atoms with Crippen LogP contribution in [0.15, 0.2) is 0 Å². The Labute approximate surface area is 41.6 Å². The maximum absolute atomic E-state index is 3.55. The summed E-state index contributed by atoms with van der Waals surface area (Å²) in [5, 5.41) is 0. The zero-order valence-electron chi connectivity index (χ0n) is 1.83. The van der Waals surface area contributed by atoms with Gasteiger partial charge in [-0.05, 0) is 0 Å². The first-order valence-corrected chi connectivity index (χ1v) is 2.19. The van der Waals surface area contributed by atoms with E-state index in [0.717, 1.165) is 0 Å². The zero-order chi connectivity index (χ0) is 3.41. The minimum absolute atomic E-state index is 1.91. The van der Waals surface area contributed by atoms with Crippen LogP contribution in [0.5, 0.6) is 0 Å². The van der Waals surface area contributed by atoms with E-state index in [0.29, 0.717) is 0 Å². The number of rotatable bonds is 0. The van der Waals surface area contributed by atoms with Crippen LogP contribution >= 0.6 is 31.3 Å². The molecule has 0 spiro atoms. The first-order valence-electron chi connectivity index (χ1n) is 0.663. The van der Waals surface area contributed by atoms with Crippen LogP contribution in [0.25, 0.3) is 0 Å². The van der Waals surface area contributed by atoms with Crippen LogP contribution in [-0.4, -0.2) is 0 Å². The zero-order valence-corrected chi connectivity index (χ0v) is 4.88. The summed E-state index contributed by atoms with van der Waals surface area (Å²) in [6, 6.07) is 0. The molecule has 0 nitrogen and oxygen atoms in total. The van der Waals surface area contributed by atoms with E-state index in [1.807, 2.05) is 22.6 Å². The van der Waals surface area contributed by atoms with Gasteiger partial charge in [-0.2, -0.15) is 0 Å². The summed E-state index contributed by atoms with van der Waals surface area (Å²) >= 11 is 1.91. The summed E-state index contributed by atoms with van der Waals surface area (Å²) in [6.07, 6.45) is 0. The summed E-state index contributed by atoms with van der Waals surface area (Å²) in [5.74, 6) is 0. The van der Waals surface area contributed by atoms with Gasteiger partial charge in [0, 0.05) is 0 Å². The van der Waals surface area contributed by atoms with Crippen molar-refractivity contribution in [3.63, 3.8) is 0 Å². The van der Waals surface area contributed by atoms with Crippen molar-refractivity contribution >= 4 is 31.3 Å². The fourth-order valence-corrected chi connectivity index (χ4v) is 0. The van der Waals surface area contributed by atoms with Gasteiger partial charge in [0.05, 0.1) is 0 Å². The van der Waals surface area contributed by atoms with E-state index in [2.05, 4.69) is 18.7 Å². The van der Waals surface area contributed by atoms with Gasteiger partial charge in [-0.25, -0.2) is 0 Å². The third-order valence-corrected chi connectivity index (χ3v) is 0.850. The van der Waals surface area contributed by atoms with Crippen LogP contribution in [0.3, 0.4) is 0 Å². The fourth-order valence-electron chi connectivity index (χ4n) is 0. The van der Waals surface area contributed by atoms with Crippen LogP contribution in [-0.2, 0) is 0 Å². The molecule has 20 valence electrons. The van der Waals surface area contributed by atoms with Crippen molar-refractivity contribution in [3.05, 3.63) is 4.43 Å². The van der Waals surface area contributed by atoms with E-state index in [4.69, 9.17) is 0 Å². The van der Waals surface area contributed by atoms with Gasteiger partial charge in [-0.1, -0.05) is 0 Å². The molecule has 0 aliphatic heterocycles. The molecule has 0 aromatic heterocycles. The van der Waals surface area contributed by atoms with Gasteiger partial charge >= 0.3 is 41.3 Å². The molecule has 0 heterocycles. The van der Waals surface area contributed by atoms with Crippen molar-refractivity contribution in [2.75, 3.05) is 0 Å². The van der Waals surface area contributed by atoms with Gasteiger partial charge in [0.2, 0.25) is 0 Å². The fraction of sp³-hybridized carbons (Fsp3) is 0. The standard InChI is InChI=1S/C2IP/c3-1-2-4. The molecule has 0 unspecified atom stereocenters. The first kappa shape index (κ1) is 4.94. The van der Waals surface area contributed by atoms with Gasteiger partial charge in [-0.15, -0.1) is 0 Å². The third-order valence-electron chi connectivity index (χ3n) is 0.0423. The van der Waals surface area contributed by atoms with E-state index in [1.165, 1.54) is 0 Å². The number of hydrogen-bond donors (Lipinski definition) is 0. The number of hydrogen-bond acceptors (Lipinski definition) is 0. The molecule has 0 aliphatic rings. The Morgan fingerprint density at radius 3 is 2.00 bits per heavy atom. The van der Waals surface area contributed by atoms with Crippen LogP contribution in [0.2, 0.25) is 0 Å². The van der Waals surface area contributed by atoms with Crippen LogP contribution in [0.4, 0.5) is 0 Å². The molecular formula is C2IP. The predicted molar refractivity (Wildman–Crippen MR) is 28.1 cm³/mol. The Morgan fingerprint density at radius 2 is 2.00 bits per heavy atom. The van der Waals surface area contributed by atoms with Gasteiger partial charge < -0.3 is 0 Å². The molecule has 2 radical (unpaired) electrons. The van der Waals surface area contributed by atoms with Crippen molar-refractivity contribution in [3.8, 4) is 5.63 Å². The summed E-state index contributed by atoms with van der Waals surface area (Å²) in [4.78, 5) is 0. The van der Waals surface area contributed by atoms with E-state index in [1.54, 1.807) is 0 Å². The second kappa shape index (κ2) is 3.94. The van der Waals surface area contributed by atoms with Crippen molar-refractivity contribution in [1.82, 2.24) is 0 Å². The van der Waals surface area contributed by atoms with E-state index in [-0.39, 0.29) is 0 Å². The van der Waals surface area contributed by atoms with Crippen LogP contribution in [0, 0.1) is 10.1 Å². The molecule has 0 aliphatic carbocycles. The molecule has 0 bridgehead atoms. The Kier molecular flexibility index (Phi) is 4.87. The van der Waals surface area contributed by atoms with E-state index in [9.17, 15) is 0 Å². The molecular weight excluding hydrogens is 182 g/mol. The molecule has 0 amide bonds. The van der Waals surface area contributed by atoms with Crippen molar-refractivity contribution in [1.29, 1.82) is 0 Å². The molecule has 0 saturated heterocycles. The van der Waals surface area contributed by atoms with Gasteiger partial charge in [0.15, 0.2) is 0 Å². The topological polar surface area (TPSA) is 0 Å². The summed E-state index contributed by atoms with van der Waals surface area (Å²) < 4.78 is 2.51. The van der Waals surface area contributed by atoms with Crippen LogP contribution in [0.1, 0.15) is 0 Å². The normalized spacial score (nSPS) is 5.00. The molecule has 0 N–H and O–H groups in total. The third kappa shape index (κ3) is 2.94. The van der Waals surface area contributed by atoms with E-state index < -0.39 is 0 Å². The summed E-state index contributed by atoms with van der Waals surface area (Å²) in [7, 11) is 3.55. The second-order valence-electron chi connectivity index (χ2n) is 0.206. The summed E-state index contributed by atoms with van der Waals surface area (Å²) in [5.41, 5.74) is 2.36. The predicted octanol–water partition coefficient (Wildman–Crippen LogP) is 1.83. The van der Waals surface area contributed by atoms with Crippen molar-refractivity contribution in [2.24, 2.45) is 0 Å². The second-order valence-corrected chi connectivity index (χ2v) is 0.969. The monoisotopic (exact) mass is 182 g/mol.